The SMILES string of the molecule is CC(C)c1ccc(NC(=O)[C@H](C)N2CCN(CCc3ccccc3)CC2)cc1. The highest BCUT2D eigenvalue weighted by Crippen LogP contribution is 2.18. The molecule has 1 aliphatic heterocycles. The molecule has 0 spiro atoms. The van der Waals surface area contributed by atoms with Crippen LogP contribution in [0.1, 0.15) is 37.8 Å². The first-order chi connectivity index (χ1) is 13.5. The van der Waals surface area contributed by atoms with Gasteiger partial charge >= 0.3 is 0 Å². The lowest BCUT2D eigenvalue weighted by atomic mass is 10.0. The van der Waals surface area contributed by atoms with Crippen molar-refractivity contribution in [3.63, 3.8) is 0 Å². The average molecular weight is 380 g/mol. The van der Waals surface area contributed by atoms with E-state index < -0.39 is 0 Å². The van der Waals surface area contributed by atoms with Crippen LogP contribution in [-0.2, 0) is 11.2 Å². The van der Waals surface area contributed by atoms with Gasteiger partial charge in [-0.3, -0.25) is 9.69 Å². The topological polar surface area (TPSA) is 35.6 Å². The standard InChI is InChI=1S/C24H33N3O/c1-19(2)22-9-11-23(12-10-22)25-24(28)20(3)27-17-15-26(16-18-27)14-13-21-7-5-4-6-8-21/h4-12,19-20H,13-18H2,1-3H3,(H,25,28)/t20-/m0/s1. The molecule has 0 aromatic heterocycles. The van der Waals surface area contributed by atoms with E-state index in [1.165, 1.54) is 11.1 Å². The molecule has 28 heavy (non-hydrogen) atoms. The van der Waals surface area contributed by atoms with Crippen LogP contribution in [0.5, 0.6) is 0 Å². The number of hydrogen-bond donors (Lipinski definition) is 1. The van der Waals surface area contributed by atoms with Crippen molar-refractivity contribution in [3.05, 3.63) is 65.7 Å². The minimum Gasteiger partial charge on any atom is -0.325 e. The molecule has 3 rings (SSSR count). The van der Waals surface area contributed by atoms with Gasteiger partial charge < -0.3 is 10.2 Å². The van der Waals surface area contributed by atoms with Crippen LogP contribution in [0.15, 0.2) is 54.6 Å². The molecule has 0 unspecified atom stereocenters. The Morgan fingerprint density at radius 2 is 1.57 bits per heavy atom. The van der Waals surface area contributed by atoms with Crippen molar-refractivity contribution in [1.82, 2.24) is 9.80 Å². The van der Waals surface area contributed by atoms with Crippen LogP contribution in [0.25, 0.3) is 0 Å². The molecule has 2 aromatic carbocycles. The van der Waals surface area contributed by atoms with Crippen LogP contribution in [0.3, 0.4) is 0 Å². The van der Waals surface area contributed by atoms with Crippen molar-refractivity contribution in [2.45, 2.75) is 39.2 Å². The van der Waals surface area contributed by atoms with E-state index in [0.29, 0.717) is 5.92 Å². The van der Waals surface area contributed by atoms with Crippen molar-refractivity contribution >= 4 is 11.6 Å². The van der Waals surface area contributed by atoms with Crippen molar-refractivity contribution in [2.75, 3.05) is 38.0 Å². The molecule has 1 atom stereocenters. The summed E-state index contributed by atoms with van der Waals surface area (Å²) >= 11 is 0. The highest BCUT2D eigenvalue weighted by Gasteiger charge is 2.25. The van der Waals surface area contributed by atoms with E-state index in [2.05, 4.69) is 71.4 Å². The van der Waals surface area contributed by atoms with Crippen molar-refractivity contribution in [1.29, 1.82) is 0 Å². The molecule has 1 saturated heterocycles. The average Bonchev–Trinajstić information content (AvgIpc) is 2.73. The highest BCUT2D eigenvalue weighted by atomic mass is 16.2. The Balaban J connectivity index is 1.43. The van der Waals surface area contributed by atoms with Gasteiger partial charge in [0.25, 0.3) is 0 Å². The van der Waals surface area contributed by atoms with E-state index in [0.717, 1.165) is 44.8 Å². The number of carbonyl (C=O) groups excluding carboxylic acids is 1. The number of benzene rings is 2. The summed E-state index contributed by atoms with van der Waals surface area (Å²) in [6.45, 7) is 11.4. The summed E-state index contributed by atoms with van der Waals surface area (Å²) in [5.74, 6) is 0.580. The summed E-state index contributed by atoms with van der Waals surface area (Å²) in [6.07, 6.45) is 1.09. The lowest BCUT2D eigenvalue weighted by Gasteiger charge is -2.37. The lowest BCUT2D eigenvalue weighted by Crippen LogP contribution is -2.53. The van der Waals surface area contributed by atoms with Crippen LogP contribution < -0.4 is 5.32 Å². The molecule has 0 saturated carbocycles. The Kier molecular flexibility index (Phi) is 7.24. The van der Waals surface area contributed by atoms with E-state index in [1.807, 2.05) is 19.1 Å². The van der Waals surface area contributed by atoms with Gasteiger partial charge in [-0.05, 0) is 42.5 Å². The van der Waals surface area contributed by atoms with Gasteiger partial charge in [-0.15, -0.1) is 0 Å². The zero-order valence-electron chi connectivity index (χ0n) is 17.4. The summed E-state index contributed by atoms with van der Waals surface area (Å²) < 4.78 is 0. The van der Waals surface area contributed by atoms with Crippen molar-refractivity contribution in [2.24, 2.45) is 0 Å². The van der Waals surface area contributed by atoms with E-state index in [9.17, 15) is 4.79 Å². The van der Waals surface area contributed by atoms with E-state index >= 15 is 0 Å². The van der Waals surface area contributed by atoms with Gasteiger partial charge in [0.15, 0.2) is 0 Å². The monoisotopic (exact) mass is 379 g/mol. The van der Waals surface area contributed by atoms with Gasteiger partial charge in [-0.1, -0.05) is 56.3 Å². The Bertz CT molecular complexity index is 734. The summed E-state index contributed by atoms with van der Waals surface area (Å²) in [5, 5.41) is 3.07. The minimum atomic E-state index is -0.110. The fourth-order valence-corrected chi connectivity index (χ4v) is 3.67. The summed E-state index contributed by atoms with van der Waals surface area (Å²) in [5.41, 5.74) is 3.56. The number of nitrogens with zero attached hydrogens (tertiary/aromatic N) is 2. The molecule has 1 heterocycles. The summed E-state index contributed by atoms with van der Waals surface area (Å²) in [4.78, 5) is 17.4. The molecule has 1 amide bonds. The third-order valence-corrected chi connectivity index (χ3v) is 5.74. The smallest absolute Gasteiger partial charge is 0.241 e. The lowest BCUT2D eigenvalue weighted by molar-refractivity contribution is -0.121. The fourth-order valence-electron chi connectivity index (χ4n) is 3.67. The third kappa shape index (κ3) is 5.66. The molecule has 4 heteroatoms. The summed E-state index contributed by atoms with van der Waals surface area (Å²) in [7, 11) is 0. The second-order valence-corrected chi connectivity index (χ2v) is 8.06. The predicted molar refractivity (Wildman–Crippen MR) is 117 cm³/mol. The molecule has 0 aliphatic carbocycles. The number of amides is 1. The predicted octanol–water partition coefficient (Wildman–Crippen LogP) is 4.00. The first-order valence-corrected chi connectivity index (χ1v) is 10.4. The molecule has 0 radical (unpaired) electrons. The normalized spacial score (nSPS) is 16.9. The van der Waals surface area contributed by atoms with Gasteiger partial charge in [-0.25, -0.2) is 0 Å². The van der Waals surface area contributed by atoms with Gasteiger partial charge in [0.2, 0.25) is 5.91 Å². The molecule has 4 nitrogen and oxygen atoms in total. The highest BCUT2D eigenvalue weighted by molar-refractivity contribution is 5.94. The van der Waals surface area contributed by atoms with Gasteiger partial charge in [0, 0.05) is 38.4 Å². The van der Waals surface area contributed by atoms with Crippen LogP contribution in [0, 0.1) is 0 Å². The quantitative estimate of drug-likeness (QED) is 0.790. The van der Waals surface area contributed by atoms with Crippen LogP contribution >= 0.6 is 0 Å². The first-order valence-electron chi connectivity index (χ1n) is 10.4. The Morgan fingerprint density at radius 3 is 2.18 bits per heavy atom. The number of rotatable bonds is 7. The van der Waals surface area contributed by atoms with Gasteiger partial charge in [-0.2, -0.15) is 0 Å². The molecule has 1 fully saturated rings. The van der Waals surface area contributed by atoms with E-state index in [-0.39, 0.29) is 11.9 Å². The number of nitrogens with one attached hydrogen (secondary N) is 1. The molecule has 2 aromatic rings. The molecule has 150 valence electrons. The van der Waals surface area contributed by atoms with Crippen LogP contribution in [0.4, 0.5) is 5.69 Å². The van der Waals surface area contributed by atoms with Crippen molar-refractivity contribution < 1.29 is 4.79 Å². The number of carbonyl (C=O) groups is 1. The van der Waals surface area contributed by atoms with Crippen molar-refractivity contribution in [3.8, 4) is 0 Å². The van der Waals surface area contributed by atoms with Crippen LogP contribution in [-0.4, -0.2) is 54.5 Å². The number of anilines is 1. The van der Waals surface area contributed by atoms with Gasteiger partial charge in [0.05, 0.1) is 6.04 Å². The maximum absolute atomic E-state index is 12.7. The van der Waals surface area contributed by atoms with E-state index in [4.69, 9.17) is 0 Å². The Hall–Kier alpha value is -2.17. The number of hydrogen-bond acceptors (Lipinski definition) is 3. The van der Waals surface area contributed by atoms with E-state index in [1.54, 1.807) is 0 Å². The Labute approximate surface area is 169 Å². The number of piperazine rings is 1. The molecular weight excluding hydrogens is 346 g/mol. The summed E-state index contributed by atoms with van der Waals surface area (Å²) in [6, 6.07) is 18.7. The third-order valence-electron chi connectivity index (χ3n) is 5.74. The second kappa shape index (κ2) is 9.85. The first kappa shape index (κ1) is 20.6. The maximum atomic E-state index is 12.7. The maximum Gasteiger partial charge on any atom is 0.241 e. The zero-order valence-corrected chi connectivity index (χ0v) is 17.4. The molecule has 1 aliphatic rings. The second-order valence-electron chi connectivity index (χ2n) is 8.06. The fraction of sp³-hybridized carbons (Fsp3) is 0.458. The molecule has 0 bridgehead atoms. The zero-order chi connectivity index (χ0) is 19.9. The minimum absolute atomic E-state index is 0.0787. The Morgan fingerprint density at radius 1 is 0.929 bits per heavy atom. The largest absolute Gasteiger partial charge is 0.325 e. The molecular formula is C24H33N3O. The van der Waals surface area contributed by atoms with Crippen LogP contribution in [0.2, 0.25) is 0 Å². The van der Waals surface area contributed by atoms with Gasteiger partial charge in [0.1, 0.15) is 0 Å². The molecule has 1 N–H and O–H groups in total.